The van der Waals surface area contributed by atoms with Crippen LogP contribution in [0.4, 0.5) is 5.69 Å². The van der Waals surface area contributed by atoms with E-state index in [1.54, 1.807) is 26.9 Å². The van der Waals surface area contributed by atoms with Gasteiger partial charge in [0.05, 0.1) is 17.9 Å². The van der Waals surface area contributed by atoms with Gasteiger partial charge in [-0.25, -0.2) is 0 Å². The summed E-state index contributed by atoms with van der Waals surface area (Å²) < 4.78 is 6.66. The molecule has 42 heavy (non-hydrogen) atoms. The summed E-state index contributed by atoms with van der Waals surface area (Å²) in [6.07, 6.45) is 4.36. The molecule has 3 aliphatic rings. The number of aliphatic hydroxyl groups is 1. The summed E-state index contributed by atoms with van der Waals surface area (Å²) in [5.41, 5.74) is 2.54. The van der Waals surface area contributed by atoms with Crippen LogP contribution >= 0.6 is 0 Å². The van der Waals surface area contributed by atoms with Crippen molar-refractivity contribution in [2.24, 2.45) is 11.8 Å². The van der Waals surface area contributed by atoms with Crippen molar-refractivity contribution in [1.82, 2.24) is 9.80 Å². The van der Waals surface area contributed by atoms with Crippen LogP contribution in [0, 0.1) is 25.7 Å². The molecule has 3 fully saturated rings. The van der Waals surface area contributed by atoms with Crippen LogP contribution < -0.4 is 4.90 Å². The van der Waals surface area contributed by atoms with Crippen LogP contribution in [0.25, 0.3) is 0 Å². The number of carbonyl (C=O) groups is 3. The second-order valence-corrected chi connectivity index (χ2v) is 11.6. The predicted octanol–water partition coefficient (Wildman–Crippen LogP) is 3.79. The number of amides is 3. The number of ether oxygens (including phenoxy) is 1. The Kier molecular flexibility index (Phi) is 8.66. The molecule has 5 atom stereocenters. The van der Waals surface area contributed by atoms with E-state index in [4.69, 9.17) is 4.74 Å². The zero-order valence-corrected chi connectivity index (χ0v) is 24.6. The van der Waals surface area contributed by atoms with Crippen molar-refractivity contribution in [1.29, 1.82) is 0 Å². The van der Waals surface area contributed by atoms with E-state index in [1.807, 2.05) is 62.4 Å². The summed E-state index contributed by atoms with van der Waals surface area (Å²) in [5.74, 6) is -2.13. The van der Waals surface area contributed by atoms with E-state index in [0.29, 0.717) is 32.4 Å². The zero-order valence-electron chi connectivity index (χ0n) is 24.6. The van der Waals surface area contributed by atoms with Crippen molar-refractivity contribution in [3.05, 3.63) is 90.5 Å². The number of para-hydroxylation sites is 1. The molecule has 0 aromatic heterocycles. The van der Waals surface area contributed by atoms with Crippen LogP contribution in [0.5, 0.6) is 0 Å². The zero-order chi connectivity index (χ0) is 30.0. The minimum Gasteiger partial charge on any atom is -0.396 e. The summed E-state index contributed by atoms with van der Waals surface area (Å²) in [6, 6.07) is 14.7. The second-order valence-electron chi connectivity index (χ2n) is 11.6. The summed E-state index contributed by atoms with van der Waals surface area (Å²) in [5, 5.41) is 9.68. The van der Waals surface area contributed by atoms with Crippen molar-refractivity contribution in [3.8, 4) is 0 Å². The van der Waals surface area contributed by atoms with Gasteiger partial charge < -0.3 is 24.5 Å². The average Bonchev–Trinajstić information content (AvgIpc) is 3.62. The van der Waals surface area contributed by atoms with Crippen LogP contribution in [0.2, 0.25) is 0 Å². The number of hydrogen-bond donors (Lipinski definition) is 1. The van der Waals surface area contributed by atoms with Crippen LogP contribution in [-0.4, -0.2) is 76.6 Å². The third kappa shape index (κ3) is 4.96. The number of fused-ring (bicyclic) bond motifs is 1. The molecule has 2 unspecified atom stereocenters. The molecule has 222 valence electrons. The minimum absolute atomic E-state index is 0.119. The number of aryl methyl sites for hydroxylation is 2. The van der Waals surface area contributed by atoms with E-state index in [-0.39, 0.29) is 37.4 Å². The molecule has 1 spiro atoms. The van der Waals surface area contributed by atoms with Gasteiger partial charge in [0.2, 0.25) is 11.8 Å². The van der Waals surface area contributed by atoms with Crippen LogP contribution in [0.1, 0.15) is 36.0 Å². The highest BCUT2D eigenvalue weighted by Gasteiger charge is 2.74. The van der Waals surface area contributed by atoms with Gasteiger partial charge in [-0.3, -0.25) is 14.4 Å². The van der Waals surface area contributed by atoms with Crippen molar-refractivity contribution in [2.45, 2.75) is 57.4 Å². The molecule has 3 aliphatic heterocycles. The summed E-state index contributed by atoms with van der Waals surface area (Å²) in [7, 11) is 0. The topological polar surface area (TPSA) is 90.4 Å². The molecule has 0 radical (unpaired) electrons. The lowest BCUT2D eigenvalue weighted by Gasteiger charge is -2.37. The lowest BCUT2D eigenvalue weighted by Crippen LogP contribution is -2.57. The van der Waals surface area contributed by atoms with E-state index in [0.717, 1.165) is 22.4 Å². The molecule has 3 amide bonds. The number of rotatable bonds is 12. The lowest BCUT2D eigenvalue weighted by atomic mass is 9.70. The van der Waals surface area contributed by atoms with Gasteiger partial charge in [-0.2, -0.15) is 0 Å². The van der Waals surface area contributed by atoms with E-state index in [2.05, 4.69) is 13.2 Å². The lowest BCUT2D eigenvalue weighted by molar-refractivity contribution is -0.145. The average molecular weight is 572 g/mol. The summed E-state index contributed by atoms with van der Waals surface area (Å²) in [4.78, 5) is 48.2. The maximum Gasteiger partial charge on any atom is 0.253 e. The molecule has 2 aromatic rings. The Balaban J connectivity index is 1.54. The molecule has 8 heteroatoms. The van der Waals surface area contributed by atoms with E-state index in [1.165, 1.54) is 0 Å². The first-order valence-electron chi connectivity index (χ1n) is 14.8. The van der Waals surface area contributed by atoms with Crippen molar-refractivity contribution in [2.75, 3.05) is 31.1 Å². The molecule has 0 aliphatic carbocycles. The summed E-state index contributed by atoms with van der Waals surface area (Å²) >= 11 is 0. The number of benzene rings is 2. The number of likely N-dealkylation sites (tertiary alicyclic amines) is 1. The Morgan fingerprint density at radius 1 is 1.05 bits per heavy atom. The molecule has 0 saturated carbocycles. The van der Waals surface area contributed by atoms with Crippen molar-refractivity contribution in [3.63, 3.8) is 0 Å². The maximum atomic E-state index is 14.7. The molecule has 1 N–H and O–H groups in total. The fourth-order valence-corrected chi connectivity index (χ4v) is 7.40. The van der Waals surface area contributed by atoms with E-state index < -0.39 is 29.6 Å². The fourth-order valence-electron chi connectivity index (χ4n) is 7.40. The van der Waals surface area contributed by atoms with Crippen LogP contribution in [-0.2, 0) is 25.7 Å². The number of hydrogen-bond acceptors (Lipinski definition) is 5. The van der Waals surface area contributed by atoms with Gasteiger partial charge in [-0.1, -0.05) is 60.7 Å². The highest BCUT2D eigenvalue weighted by atomic mass is 16.5. The van der Waals surface area contributed by atoms with Crippen molar-refractivity contribution < 1.29 is 24.2 Å². The van der Waals surface area contributed by atoms with Crippen molar-refractivity contribution >= 4 is 23.4 Å². The molecular weight excluding hydrogens is 530 g/mol. The number of anilines is 1. The normalized spacial score (nSPS) is 25.8. The van der Waals surface area contributed by atoms with Gasteiger partial charge >= 0.3 is 0 Å². The Hall–Kier alpha value is -3.75. The van der Waals surface area contributed by atoms with E-state index >= 15 is 0 Å². The van der Waals surface area contributed by atoms with Gasteiger partial charge in [-0.15, -0.1) is 13.2 Å². The van der Waals surface area contributed by atoms with Gasteiger partial charge in [0, 0.05) is 38.5 Å². The number of carbonyl (C=O) groups excluding carboxylic acids is 3. The Morgan fingerprint density at radius 3 is 2.38 bits per heavy atom. The Labute approximate surface area is 248 Å². The molecule has 3 saturated heterocycles. The largest absolute Gasteiger partial charge is 0.396 e. The van der Waals surface area contributed by atoms with Gasteiger partial charge in [0.1, 0.15) is 11.6 Å². The molecular formula is C34H41N3O5. The minimum atomic E-state index is -1.11. The molecule has 8 nitrogen and oxygen atoms in total. The first-order chi connectivity index (χ1) is 20.3. The third-order valence-electron chi connectivity index (χ3n) is 9.04. The van der Waals surface area contributed by atoms with E-state index in [9.17, 15) is 19.5 Å². The third-order valence-corrected chi connectivity index (χ3v) is 9.04. The maximum absolute atomic E-state index is 14.7. The van der Waals surface area contributed by atoms with Gasteiger partial charge in [0.25, 0.3) is 5.91 Å². The molecule has 5 rings (SSSR count). The molecule has 2 bridgehead atoms. The van der Waals surface area contributed by atoms with Crippen LogP contribution in [0.3, 0.4) is 0 Å². The van der Waals surface area contributed by atoms with Gasteiger partial charge in [0.15, 0.2) is 0 Å². The highest BCUT2D eigenvalue weighted by Crippen LogP contribution is 2.59. The van der Waals surface area contributed by atoms with Crippen LogP contribution in [0.15, 0.2) is 73.8 Å². The summed E-state index contributed by atoms with van der Waals surface area (Å²) in [6.45, 7) is 12.7. The smallest absolute Gasteiger partial charge is 0.253 e. The Bertz CT molecular complexity index is 1340. The highest BCUT2D eigenvalue weighted by molar-refractivity contribution is 6.05. The molecule has 3 heterocycles. The molecule has 2 aromatic carbocycles. The standard InChI is InChI=1S/C34H41N3O5/c1-5-18-35(22-25-14-8-7-9-15-25)31(39)27-26-16-17-34(42-26)28(27)32(40)37(20-11-21-38)30(34)33(41)36(19-6-2)29-23(3)12-10-13-24(29)4/h5-10,12-15,26-28,30,38H,1-2,11,16-22H2,3-4H3/t26-,27+,28+,30?,34?/m1/s1. The predicted molar refractivity (Wildman–Crippen MR) is 162 cm³/mol. The Morgan fingerprint density at radius 2 is 1.74 bits per heavy atom. The first kappa shape index (κ1) is 29.7. The number of nitrogens with zero attached hydrogens (tertiary/aromatic N) is 3. The van der Waals surface area contributed by atoms with Gasteiger partial charge in [-0.05, 0) is 49.8 Å². The fraction of sp³-hybridized carbons (Fsp3) is 0.441. The second kappa shape index (κ2) is 12.2. The number of aliphatic hydroxyl groups excluding tert-OH is 1. The first-order valence-corrected chi connectivity index (χ1v) is 14.8. The SMILES string of the molecule is C=CCN(Cc1ccccc1)C(=O)[C@@H]1[C@H]2C(=O)N(CCCO)C(C(=O)N(CC=C)c3c(C)cccc3C)C23CC[C@H]1O3. The quantitative estimate of drug-likeness (QED) is 0.392. The monoisotopic (exact) mass is 571 g/mol.